The van der Waals surface area contributed by atoms with E-state index >= 15 is 0 Å². The Labute approximate surface area is 142 Å². The fourth-order valence-corrected chi connectivity index (χ4v) is 2.98. The molecule has 2 heterocycles. The zero-order valence-electron chi connectivity index (χ0n) is 13.6. The molecular formula is C17H17F2N3O3. The predicted octanol–water partition coefficient (Wildman–Crippen LogP) is 1.99. The zero-order valence-corrected chi connectivity index (χ0v) is 13.6. The Morgan fingerprint density at radius 1 is 1.24 bits per heavy atom. The summed E-state index contributed by atoms with van der Waals surface area (Å²) in [5, 5.41) is 9.03. The van der Waals surface area contributed by atoms with Crippen molar-refractivity contribution < 1.29 is 18.7 Å². The van der Waals surface area contributed by atoms with Crippen LogP contribution < -0.4 is 10.3 Å². The van der Waals surface area contributed by atoms with Gasteiger partial charge in [-0.25, -0.2) is 13.6 Å². The number of carboxylic acids is 1. The van der Waals surface area contributed by atoms with Crippen molar-refractivity contribution in [2.24, 2.45) is 0 Å². The lowest BCUT2D eigenvalue weighted by Crippen LogP contribution is -2.44. The molecule has 1 fully saturated rings. The number of carboxylic acid groups (broad SMARTS) is 1. The molecular weight excluding hydrogens is 332 g/mol. The number of anilines is 1. The first kappa shape index (κ1) is 17.1. The first-order chi connectivity index (χ1) is 11.9. The Bertz CT molecular complexity index is 915. The molecule has 3 rings (SSSR count). The molecule has 1 N–H and O–H groups in total. The maximum atomic E-state index is 14.6. The third kappa shape index (κ3) is 3.12. The van der Waals surface area contributed by atoms with Crippen LogP contribution in [0.1, 0.15) is 10.4 Å². The van der Waals surface area contributed by atoms with Crippen LogP contribution in [0.4, 0.5) is 14.5 Å². The topological polar surface area (TPSA) is 65.8 Å². The summed E-state index contributed by atoms with van der Waals surface area (Å²) in [5.41, 5.74) is -0.782. The smallest absolute Gasteiger partial charge is 0.341 e. The molecule has 0 spiro atoms. The molecule has 0 aliphatic carbocycles. The van der Waals surface area contributed by atoms with Crippen molar-refractivity contribution in [3.8, 4) is 0 Å². The second-order valence-corrected chi connectivity index (χ2v) is 5.97. The summed E-state index contributed by atoms with van der Waals surface area (Å²) in [4.78, 5) is 27.5. The predicted molar refractivity (Wildman–Crippen MR) is 91.3 cm³/mol. The summed E-state index contributed by atoms with van der Waals surface area (Å²) in [6, 6.07) is 2.49. The number of nitrogens with zero attached hydrogens (tertiary/aromatic N) is 3. The van der Waals surface area contributed by atoms with E-state index in [2.05, 4.69) is 4.90 Å². The number of likely N-dealkylation sites (N-methyl/N-ethyl adjacent to an activating group) is 1. The molecule has 0 unspecified atom stereocenters. The maximum Gasteiger partial charge on any atom is 0.341 e. The van der Waals surface area contributed by atoms with Crippen LogP contribution >= 0.6 is 0 Å². The summed E-state index contributed by atoms with van der Waals surface area (Å²) >= 11 is 0. The minimum Gasteiger partial charge on any atom is -0.477 e. The first-order valence-corrected chi connectivity index (χ1v) is 7.74. The average Bonchev–Trinajstić information content (AvgIpc) is 2.58. The Morgan fingerprint density at radius 2 is 1.92 bits per heavy atom. The standard InChI is InChI=1S/C17H17F2N3O3/c1-20-4-6-21(7-5-20)15-9-14-11(8-13(15)19)16(23)12(17(24)25)10-22(14)3-2-18/h2-3,8-10H,4-7H2,1H3,(H,24,25)/b3-2+. The van der Waals surface area contributed by atoms with Crippen molar-refractivity contribution >= 4 is 28.8 Å². The van der Waals surface area contributed by atoms with Gasteiger partial charge in [0.15, 0.2) is 0 Å². The monoisotopic (exact) mass is 349 g/mol. The highest BCUT2D eigenvalue weighted by Gasteiger charge is 2.21. The van der Waals surface area contributed by atoms with Gasteiger partial charge in [0.1, 0.15) is 17.7 Å². The average molecular weight is 349 g/mol. The van der Waals surface area contributed by atoms with Crippen LogP contribution in [0.2, 0.25) is 0 Å². The molecule has 0 bridgehead atoms. The number of hydrogen-bond donors (Lipinski definition) is 1. The Kier molecular flexibility index (Phi) is 4.54. The number of halogens is 2. The summed E-state index contributed by atoms with van der Waals surface area (Å²) in [6.45, 7) is 2.78. The van der Waals surface area contributed by atoms with Gasteiger partial charge in [-0.2, -0.15) is 0 Å². The fourth-order valence-electron chi connectivity index (χ4n) is 2.98. The Balaban J connectivity index is 2.22. The third-order valence-electron chi connectivity index (χ3n) is 4.39. The van der Waals surface area contributed by atoms with Gasteiger partial charge in [0.2, 0.25) is 5.43 Å². The summed E-state index contributed by atoms with van der Waals surface area (Å²) in [7, 11) is 1.98. The second kappa shape index (κ2) is 6.64. The fraction of sp³-hybridized carbons (Fsp3) is 0.294. The molecule has 1 aliphatic rings. The van der Waals surface area contributed by atoms with Gasteiger partial charge in [0, 0.05) is 44.0 Å². The van der Waals surface area contributed by atoms with Crippen molar-refractivity contribution in [3.63, 3.8) is 0 Å². The minimum atomic E-state index is -1.45. The van der Waals surface area contributed by atoms with Gasteiger partial charge >= 0.3 is 5.97 Å². The number of hydrogen-bond acceptors (Lipinski definition) is 4. The van der Waals surface area contributed by atoms with Gasteiger partial charge < -0.3 is 19.5 Å². The number of fused-ring (bicyclic) bond motifs is 1. The van der Waals surface area contributed by atoms with Gasteiger partial charge in [0.05, 0.1) is 11.2 Å². The lowest BCUT2D eigenvalue weighted by atomic mass is 10.1. The molecule has 25 heavy (non-hydrogen) atoms. The van der Waals surface area contributed by atoms with Gasteiger partial charge in [-0.3, -0.25) is 4.79 Å². The van der Waals surface area contributed by atoms with Crippen molar-refractivity contribution in [1.82, 2.24) is 9.47 Å². The van der Waals surface area contributed by atoms with Gasteiger partial charge in [-0.15, -0.1) is 0 Å². The molecule has 0 saturated carbocycles. The first-order valence-electron chi connectivity index (χ1n) is 7.74. The van der Waals surface area contributed by atoms with Crippen molar-refractivity contribution in [1.29, 1.82) is 0 Å². The number of aromatic nitrogens is 1. The van der Waals surface area contributed by atoms with E-state index in [4.69, 9.17) is 5.11 Å². The molecule has 0 amide bonds. The van der Waals surface area contributed by atoms with Crippen LogP contribution in [0.25, 0.3) is 17.1 Å². The summed E-state index contributed by atoms with van der Waals surface area (Å²) in [5.74, 6) is -2.05. The SMILES string of the molecule is CN1CCN(c2cc3c(cc2F)c(=O)c(C(=O)O)cn3/C=C/F)CC1. The zero-order chi connectivity index (χ0) is 18.1. The lowest BCUT2D eigenvalue weighted by molar-refractivity contribution is 0.0695. The molecule has 132 valence electrons. The Morgan fingerprint density at radius 3 is 2.52 bits per heavy atom. The van der Waals surface area contributed by atoms with Crippen molar-refractivity contribution in [2.75, 3.05) is 38.1 Å². The summed E-state index contributed by atoms with van der Waals surface area (Å²) < 4.78 is 28.5. The minimum absolute atomic E-state index is 0.103. The Hall–Kier alpha value is -2.74. The van der Waals surface area contributed by atoms with E-state index in [1.54, 1.807) is 0 Å². The quantitative estimate of drug-likeness (QED) is 0.918. The number of carbonyl (C=O) groups is 1. The molecule has 2 aromatic rings. The highest BCUT2D eigenvalue weighted by atomic mass is 19.1. The molecule has 1 aliphatic heterocycles. The normalized spacial score (nSPS) is 16.0. The lowest BCUT2D eigenvalue weighted by Gasteiger charge is -2.34. The van der Waals surface area contributed by atoms with Crippen LogP contribution in [0.5, 0.6) is 0 Å². The van der Waals surface area contributed by atoms with Gasteiger partial charge in [-0.05, 0) is 19.2 Å². The molecule has 6 nitrogen and oxygen atoms in total. The van der Waals surface area contributed by atoms with E-state index < -0.39 is 22.8 Å². The van der Waals surface area contributed by atoms with Crippen molar-refractivity contribution in [2.45, 2.75) is 0 Å². The number of aromatic carboxylic acids is 1. The molecule has 1 saturated heterocycles. The van der Waals surface area contributed by atoms with Crippen LogP contribution in [0.15, 0.2) is 29.5 Å². The van der Waals surface area contributed by atoms with Crippen LogP contribution in [-0.2, 0) is 0 Å². The number of rotatable bonds is 3. The number of pyridine rings is 1. The van der Waals surface area contributed by atoms with Crippen molar-refractivity contribution in [3.05, 3.63) is 46.3 Å². The van der Waals surface area contributed by atoms with E-state index in [9.17, 15) is 18.4 Å². The van der Waals surface area contributed by atoms with E-state index in [1.807, 2.05) is 11.9 Å². The highest BCUT2D eigenvalue weighted by molar-refractivity contribution is 5.94. The number of benzene rings is 1. The van der Waals surface area contributed by atoms with E-state index in [-0.39, 0.29) is 17.2 Å². The van der Waals surface area contributed by atoms with Crippen LogP contribution in [0, 0.1) is 5.82 Å². The van der Waals surface area contributed by atoms with Gasteiger partial charge in [-0.1, -0.05) is 0 Å². The molecule has 0 radical (unpaired) electrons. The van der Waals surface area contributed by atoms with Crippen LogP contribution in [-0.4, -0.2) is 53.8 Å². The maximum absolute atomic E-state index is 14.6. The van der Waals surface area contributed by atoms with E-state index in [1.165, 1.54) is 10.6 Å². The number of piperazine rings is 1. The summed E-state index contributed by atoms with van der Waals surface area (Å²) in [6.07, 6.45) is 2.25. The highest BCUT2D eigenvalue weighted by Crippen LogP contribution is 2.26. The van der Waals surface area contributed by atoms with Gasteiger partial charge in [0.25, 0.3) is 0 Å². The second-order valence-electron chi connectivity index (χ2n) is 5.97. The molecule has 1 aromatic carbocycles. The molecule has 1 aromatic heterocycles. The van der Waals surface area contributed by atoms with Crippen LogP contribution in [0.3, 0.4) is 0 Å². The molecule has 8 heteroatoms. The van der Waals surface area contributed by atoms with E-state index in [0.717, 1.165) is 31.6 Å². The third-order valence-corrected chi connectivity index (χ3v) is 4.39. The molecule has 0 atom stereocenters. The van der Waals surface area contributed by atoms with E-state index in [0.29, 0.717) is 18.8 Å². The largest absolute Gasteiger partial charge is 0.477 e.